The number of pyridine rings is 2. The molecule has 4 aromatic rings. The van der Waals surface area contributed by atoms with E-state index in [1.165, 1.54) is 22.8 Å². The van der Waals surface area contributed by atoms with Gasteiger partial charge in [-0.05, 0) is 73.8 Å². The number of halogens is 1. The highest BCUT2D eigenvalue weighted by molar-refractivity contribution is 6.12. The zero-order chi connectivity index (χ0) is 53.7. The Bertz CT molecular complexity index is 3100. The summed E-state index contributed by atoms with van der Waals surface area (Å²) in [7, 11) is 0. The van der Waals surface area contributed by atoms with Crippen LogP contribution in [0, 0.1) is 12.7 Å². The average molecular weight is 1030 g/mol. The van der Waals surface area contributed by atoms with Gasteiger partial charge >= 0.3 is 5.97 Å². The van der Waals surface area contributed by atoms with Crippen molar-refractivity contribution in [2.45, 2.75) is 109 Å². The lowest BCUT2D eigenvalue weighted by Gasteiger charge is -2.31. The highest BCUT2D eigenvalue weighted by Crippen LogP contribution is 2.46. The van der Waals surface area contributed by atoms with Crippen molar-refractivity contribution in [3.63, 3.8) is 0 Å². The number of esters is 1. The van der Waals surface area contributed by atoms with E-state index in [0.717, 1.165) is 9.80 Å². The molecule has 7 N–H and O–H groups in total. The topological polar surface area (TPSA) is 299 Å². The molecule has 0 radical (unpaired) electrons. The number of nitrogens with two attached hydrogens (primary N) is 1. The predicted octanol–water partition coefficient (Wildman–Crippen LogP) is 1.17. The number of amides is 8. The van der Waals surface area contributed by atoms with Crippen LogP contribution in [0.1, 0.15) is 103 Å². The Morgan fingerprint density at radius 1 is 0.907 bits per heavy atom. The van der Waals surface area contributed by atoms with Crippen molar-refractivity contribution in [2.24, 2.45) is 5.73 Å². The van der Waals surface area contributed by atoms with Crippen LogP contribution in [0.25, 0.3) is 22.3 Å². The van der Waals surface area contributed by atoms with Crippen molar-refractivity contribution in [3.05, 3.63) is 110 Å². The zero-order valence-electron chi connectivity index (χ0n) is 41.6. The molecular formula is C53H58FN9O12. The summed E-state index contributed by atoms with van der Waals surface area (Å²) >= 11 is 0. The molecule has 2 aromatic carbocycles. The number of rotatable bonds is 21. The van der Waals surface area contributed by atoms with E-state index in [1.807, 2.05) is 0 Å². The third-order valence-electron chi connectivity index (χ3n) is 14.3. The van der Waals surface area contributed by atoms with Gasteiger partial charge in [-0.3, -0.25) is 53.0 Å². The first-order valence-corrected chi connectivity index (χ1v) is 25.0. The highest BCUT2D eigenvalue weighted by Gasteiger charge is 2.46. The first kappa shape index (κ1) is 53.3. The molecule has 22 heteroatoms. The van der Waals surface area contributed by atoms with Crippen LogP contribution in [0.15, 0.2) is 59.4 Å². The Labute approximate surface area is 429 Å². The molecule has 1 aliphatic carbocycles. The van der Waals surface area contributed by atoms with Gasteiger partial charge in [0.2, 0.25) is 35.4 Å². The first-order chi connectivity index (χ1) is 35.9. The summed E-state index contributed by atoms with van der Waals surface area (Å²) in [6.07, 6.45) is 3.87. The van der Waals surface area contributed by atoms with E-state index in [1.54, 1.807) is 50.2 Å². The van der Waals surface area contributed by atoms with Crippen LogP contribution in [-0.4, -0.2) is 116 Å². The number of nitrogens with one attached hydrogen (secondary N) is 4. The Kier molecular flexibility index (Phi) is 16.1. The molecule has 3 aliphatic heterocycles. The standard InChI is InChI=1S/C53H58FN9O12/c1-3-53(74)34-22-39-49-32(27-63(39)51(72)33(34)28-75-52(53)73)48-36(16-15-31-29(2)35(54)23-37(60-49)47(31)48)58-40(64)13-10-20-62(43(67)14-8-5-9-19-61-44(68)17-18-45(61)69)46(70)26-57-50(71)38(21-30-11-6-4-7-12-30)59-42(66)25-56-41(65)24-55/h4,6-7,11-12,17-18,22-23,36,38,74H,3,5,8-10,13-16,19-21,24-28,55H2,1-2H3,(H,56,65)(H,57,71)(H,58,64)(H,59,66)/t36-,38-,53-/m0/s1. The number of carbonyl (C=O) groups excluding carboxylic acids is 9. The molecule has 2 aromatic heterocycles. The normalized spacial score (nSPS) is 17.4. The van der Waals surface area contributed by atoms with Gasteiger partial charge < -0.3 is 41.4 Å². The summed E-state index contributed by atoms with van der Waals surface area (Å²) in [6, 6.07) is 9.77. The Morgan fingerprint density at radius 3 is 2.37 bits per heavy atom. The number of cyclic esters (lactones) is 1. The van der Waals surface area contributed by atoms with Crippen LogP contribution in [0.2, 0.25) is 0 Å². The quantitative estimate of drug-likeness (QED) is 0.0342. The summed E-state index contributed by atoms with van der Waals surface area (Å²) in [5.41, 5.74) is 7.02. The number of aryl methyl sites for hydroxylation is 1. The molecule has 8 rings (SSSR count). The van der Waals surface area contributed by atoms with Gasteiger partial charge in [0.1, 0.15) is 18.5 Å². The molecule has 0 bridgehead atoms. The fourth-order valence-corrected chi connectivity index (χ4v) is 10.2. The van der Waals surface area contributed by atoms with E-state index in [0.29, 0.717) is 75.8 Å². The van der Waals surface area contributed by atoms with Gasteiger partial charge in [-0.15, -0.1) is 0 Å². The van der Waals surface area contributed by atoms with Gasteiger partial charge in [0.15, 0.2) is 5.60 Å². The molecule has 0 saturated heterocycles. The maximum absolute atomic E-state index is 15.5. The Hall–Kier alpha value is -7.98. The maximum atomic E-state index is 15.5. The van der Waals surface area contributed by atoms with E-state index in [4.69, 9.17) is 15.5 Å². The van der Waals surface area contributed by atoms with Crippen LogP contribution in [0.4, 0.5) is 4.39 Å². The zero-order valence-corrected chi connectivity index (χ0v) is 41.6. The number of aromatic nitrogens is 2. The number of carbonyl (C=O) groups is 9. The number of benzene rings is 2. The number of ether oxygens (including phenoxy) is 1. The van der Waals surface area contributed by atoms with Crippen LogP contribution in [0.3, 0.4) is 0 Å². The predicted molar refractivity (Wildman–Crippen MR) is 266 cm³/mol. The fraction of sp³-hybridized carbons (Fsp3) is 0.415. The molecule has 4 aliphatic rings. The summed E-state index contributed by atoms with van der Waals surface area (Å²) in [5, 5.41) is 22.6. The lowest BCUT2D eigenvalue weighted by molar-refractivity contribution is -0.172. The van der Waals surface area contributed by atoms with Crippen molar-refractivity contribution in [3.8, 4) is 11.4 Å². The van der Waals surface area contributed by atoms with Gasteiger partial charge in [0.25, 0.3) is 17.4 Å². The number of unbranched alkanes of at least 4 members (excludes halogenated alkanes) is 2. The van der Waals surface area contributed by atoms with Gasteiger partial charge in [-0.25, -0.2) is 14.2 Å². The molecule has 21 nitrogen and oxygen atoms in total. The van der Waals surface area contributed by atoms with Crippen molar-refractivity contribution < 1.29 is 57.4 Å². The highest BCUT2D eigenvalue weighted by atomic mass is 19.1. The molecule has 5 heterocycles. The van der Waals surface area contributed by atoms with Crippen LogP contribution >= 0.6 is 0 Å². The third kappa shape index (κ3) is 11.1. The second-order valence-corrected chi connectivity index (χ2v) is 19.0. The van der Waals surface area contributed by atoms with E-state index in [-0.39, 0.29) is 82.4 Å². The molecule has 8 amide bonds. The number of nitrogens with zero attached hydrogens (tertiary/aromatic N) is 4. The van der Waals surface area contributed by atoms with Gasteiger partial charge in [-0.1, -0.05) is 43.7 Å². The number of fused-ring (bicyclic) bond motifs is 5. The van der Waals surface area contributed by atoms with E-state index in [9.17, 15) is 53.1 Å². The molecular weight excluding hydrogens is 974 g/mol. The third-order valence-corrected chi connectivity index (χ3v) is 14.3. The molecule has 0 saturated carbocycles. The summed E-state index contributed by atoms with van der Waals surface area (Å²) in [6.45, 7) is 1.41. The largest absolute Gasteiger partial charge is 0.458 e. The summed E-state index contributed by atoms with van der Waals surface area (Å²) in [5.74, 6) is -6.08. The van der Waals surface area contributed by atoms with Crippen molar-refractivity contribution >= 4 is 64.1 Å². The van der Waals surface area contributed by atoms with E-state index < -0.39 is 95.4 Å². The molecule has 0 unspecified atom stereocenters. The van der Waals surface area contributed by atoms with Crippen LogP contribution < -0.4 is 32.6 Å². The molecule has 0 spiro atoms. The van der Waals surface area contributed by atoms with Gasteiger partial charge in [0.05, 0.1) is 54.7 Å². The number of imide groups is 2. The average Bonchev–Trinajstić information content (AvgIpc) is 3.94. The van der Waals surface area contributed by atoms with Crippen molar-refractivity contribution in [1.82, 2.24) is 40.6 Å². The Morgan fingerprint density at radius 2 is 1.65 bits per heavy atom. The minimum Gasteiger partial charge on any atom is -0.458 e. The molecule has 394 valence electrons. The van der Waals surface area contributed by atoms with Crippen molar-refractivity contribution in [1.29, 1.82) is 0 Å². The minimum atomic E-state index is -2.07. The first-order valence-electron chi connectivity index (χ1n) is 25.0. The number of aliphatic hydroxyl groups is 1. The summed E-state index contributed by atoms with van der Waals surface area (Å²) in [4.78, 5) is 138. The Balaban J connectivity index is 0.981. The number of hydrogen-bond donors (Lipinski definition) is 6. The SMILES string of the molecule is CC[C@@]1(O)C(=O)OCc2c1cc1n(c2=O)Cc2c-1nc1cc(F)c(C)c3c1c2[C@@H](NC(=O)CCCN(C(=O)CCCCCN1C(=O)C=CC1=O)C(=O)CNC(=O)[C@H](Cc1ccccc1)NC(=O)CNC(=O)CN)CC3. The van der Waals surface area contributed by atoms with E-state index >= 15 is 4.39 Å². The lowest BCUT2D eigenvalue weighted by Crippen LogP contribution is -2.53. The molecule has 0 fully saturated rings. The minimum absolute atomic E-state index is 0.00431. The maximum Gasteiger partial charge on any atom is 0.343 e. The number of hydrogen-bond acceptors (Lipinski definition) is 14. The van der Waals surface area contributed by atoms with Crippen LogP contribution in [0.5, 0.6) is 0 Å². The lowest BCUT2D eigenvalue weighted by atomic mass is 9.81. The molecule has 75 heavy (non-hydrogen) atoms. The van der Waals surface area contributed by atoms with E-state index in [2.05, 4.69) is 21.3 Å². The van der Waals surface area contributed by atoms with Crippen molar-refractivity contribution in [2.75, 3.05) is 32.7 Å². The van der Waals surface area contributed by atoms with Gasteiger partial charge in [-0.2, -0.15) is 0 Å². The summed E-state index contributed by atoms with van der Waals surface area (Å²) < 4.78 is 22.2. The fourth-order valence-electron chi connectivity index (χ4n) is 10.2. The van der Waals surface area contributed by atoms with Gasteiger partial charge in [0, 0.05) is 67.1 Å². The second kappa shape index (κ2) is 22.6. The monoisotopic (exact) mass is 1030 g/mol. The molecule has 3 atom stereocenters. The smallest absolute Gasteiger partial charge is 0.343 e. The van der Waals surface area contributed by atoms with Crippen LogP contribution in [-0.2, 0) is 79.5 Å². The second-order valence-electron chi connectivity index (χ2n) is 19.0.